The average molecular weight is 208 g/mol. The lowest BCUT2D eigenvalue weighted by molar-refractivity contribution is 0.0603. The Bertz CT molecular complexity index is 303. The highest BCUT2D eigenvalue weighted by atomic mass is 16.6. The van der Waals surface area contributed by atoms with Crippen molar-refractivity contribution in [2.24, 2.45) is 5.41 Å². The zero-order valence-electron chi connectivity index (χ0n) is 9.50. The summed E-state index contributed by atoms with van der Waals surface area (Å²) in [5.74, 6) is 0. The molecule has 2 nitrogen and oxygen atoms in total. The third-order valence-corrected chi connectivity index (χ3v) is 5.44. The number of hydrogen-bond acceptors (Lipinski definition) is 2. The minimum atomic E-state index is 0.241. The van der Waals surface area contributed by atoms with Crippen molar-refractivity contribution in [3.05, 3.63) is 0 Å². The van der Waals surface area contributed by atoms with E-state index in [-0.39, 0.29) is 5.60 Å². The van der Waals surface area contributed by atoms with Gasteiger partial charge in [-0.15, -0.1) is 0 Å². The zero-order valence-corrected chi connectivity index (χ0v) is 9.50. The first-order valence-corrected chi connectivity index (χ1v) is 6.60. The topological polar surface area (TPSA) is 25.1 Å². The van der Waals surface area contributed by atoms with E-state index in [1.165, 1.54) is 44.9 Å². The van der Waals surface area contributed by atoms with Crippen LogP contribution in [0.4, 0.5) is 0 Å². The van der Waals surface area contributed by atoms with Gasteiger partial charge in [0.2, 0.25) is 0 Å². The number of hydrogen-bond donors (Lipinski definition) is 0. The Kier molecular flexibility index (Phi) is 1.56. The molecule has 15 heavy (non-hydrogen) atoms. The fourth-order valence-corrected chi connectivity index (χ4v) is 4.43. The molecule has 0 aromatic carbocycles. The van der Waals surface area contributed by atoms with Crippen LogP contribution >= 0.6 is 0 Å². The van der Waals surface area contributed by atoms with Crippen LogP contribution in [0, 0.1) is 5.41 Å². The van der Waals surface area contributed by atoms with Crippen LogP contribution in [0.15, 0.2) is 0 Å². The molecule has 5 atom stereocenters. The van der Waals surface area contributed by atoms with Gasteiger partial charge in [-0.05, 0) is 25.7 Å². The first-order chi connectivity index (χ1) is 7.26. The smallest absolute Gasteiger partial charge is 0.103 e. The molecular weight excluding hydrogens is 188 g/mol. The van der Waals surface area contributed by atoms with Crippen molar-refractivity contribution in [1.82, 2.24) is 0 Å². The summed E-state index contributed by atoms with van der Waals surface area (Å²) in [7, 11) is 0. The van der Waals surface area contributed by atoms with Crippen LogP contribution in [0.1, 0.15) is 51.9 Å². The third kappa shape index (κ3) is 0.980. The van der Waals surface area contributed by atoms with Crippen molar-refractivity contribution >= 4 is 0 Å². The summed E-state index contributed by atoms with van der Waals surface area (Å²) in [6, 6.07) is 0. The summed E-state index contributed by atoms with van der Waals surface area (Å²) in [5.41, 5.74) is 0.589. The van der Waals surface area contributed by atoms with E-state index in [1.807, 2.05) is 0 Å². The summed E-state index contributed by atoms with van der Waals surface area (Å²) in [5, 5.41) is 0. The Labute approximate surface area is 91.3 Å². The van der Waals surface area contributed by atoms with Gasteiger partial charge in [0.1, 0.15) is 5.60 Å². The highest BCUT2D eigenvalue weighted by Crippen LogP contribution is 2.66. The van der Waals surface area contributed by atoms with Crippen molar-refractivity contribution in [3.8, 4) is 0 Å². The first kappa shape index (κ1) is 9.00. The molecule has 84 valence electrons. The Morgan fingerprint density at radius 3 is 2.87 bits per heavy atom. The molecule has 4 aliphatic rings. The van der Waals surface area contributed by atoms with E-state index < -0.39 is 0 Å². The fourth-order valence-electron chi connectivity index (χ4n) is 4.43. The van der Waals surface area contributed by atoms with Crippen molar-refractivity contribution in [1.29, 1.82) is 0 Å². The van der Waals surface area contributed by atoms with Gasteiger partial charge < -0.3 is 9.47 Å². The van der Waals surface area contributed by atoms with E-state index in [0.717, 1.165) is 0 Å². The van der Waals surface area contributed by atoms with Crippen LogP contribution < -0.4 is 0 Å². The predicted molar refractivity (Wildman–Crippen MR) is 56.7 cm³/mol. The molecule has 0 N–H and O–H groups in total. The van der Waals surface area contributed by atoms with Crippen LogP contribution in [-0.2, 0) is 9.47 Å². The lowest BCUT2D eigenvalue weighted by Gasteiger charge is -2.39. The molecule has 0 amide bonds. The van der Waals surface area contributed by atoms with Crippen molar-refractivity contribution < 1.29 is 9.47 Å². The molecule has 2 heterocycles. The Hall–Kier alpha value is -0.0800. The molecule has 0 aromatic rings. The van der Waals surface area contributed by atoms with Gasteiger partial charge in [-0.2, -0.15) is 0 Å². The number of rotatable bonds is 1. The quantitative estimate of drug-likeness (QED) is 0.619. The Balaban J connectivity index is 1.65. The molecule has 0 spiro atoms. The van der Waals surface area contributed by atoms with Crippen molar-refractivity contribution in [2.45, 2.75) is 75.8 Å². The van der Waals surface area contributed by atoms with Crippen LogP contribution in [0.5, 0.6) is 0 Å². The summed E-state index contributed by atoms with van der Waals surface area (Å²) in [6.45, 7) is 2.43. The predicted octanol–water partition coefficient (Wildman–Crippen LogP) is 2.66. The molecule has 2 heteroatoms. The second kappa shape index (κ2) is 2.60. The van der Waals surface area contributed by atoms with Gasteiger partial charge in [0.25, 0.3) is 0 Å². The molecule has 5 unspecified atom stereocenters. The fraction of sp³-hybridized carbons (Fsp3) is 1.00. The van der Waals surface area contributed by atoms with E-state index in [0.29, 0.717) is 23.7 Å². The average Bonchev–Trinajstić information content (AvgIpc) is 3.12. The zero-order chi connectivity index (χ0) is 10.1. The summed E-state index contributed by atoms with van der Waals surface area (Å²) < 4.78 is 12.0. The van der Waals surface area contributed by atoms with E-state index in [2.05, 4.69) is 6.92 Å². The number of ether oxygens (including phenoxy) is 2. The van der Waals surface area contributed by atoms with Crippen LogP contribution in [0.2, 0.25) is 0 Å². The molecule has 2 aliphatic carbocycles. The van der Waals surface area contributed by atoms with Gasteiger partial charge in [-0.1, -0.05) is 26.2 Å². The maximum Gasteiger partial charge on any atom is 0.103 e. The SMILES string of the molecule is CC1(C23CCCCC2O3)CCCC2OC21. The Morgan fingerprint density at radius 2 is 2.00 bits per heavy atom. The summed E-state index contributed by atoms with van der Waals surface area (Å²) >= 11 is 0. The second-order valence-corrected chi connectivity index (χ2v) is 6.15. The van der Waals surface area contributed by atoms with E-state index >= 15 is 0 Å². The molecule has 2 aliphatic heterocycles. The lowest BCUT2D eigenvalue weighted by Crippen LogP contribution is -2.45. The number of epoxide rings is 2. The highest BCUT2D eigenvalue weighted by molar-refractivity contribution is 5.21. The Morgan fingerprint density at radius 1 is 1.07 bits per heavy atom. The molecule has 2 saturated carbocycles. The highest BCUT2D eigenvalue weighted by Gasteiger charge is 2.73. The van der Waals surface area contributed by atoms with E-state index in [1.54, 1.807) is 0 Å². The maximum absolute atomic E-state index is 6.12. The maximum atomic E-state index is 6.12. The van der Waals surface area contributed by atoms with Gasteiger partial charge in [-0.3, -0.25) is 0 Å². The molecule has 0 radical (unpaired) electrons. The van der Waals surface area contributed by atoms with Gasteiger partial charge >= 0.3 is 0 Å². The van der Waals surface area contributed by atoms with Gasteiger partial charge in [0, 0.05) is 5.41 Å². The minimum Gasteiger partial charge on any atom is -0.369 e. The van der Waals surface area contributed by atoms with E-state index in [4.69, 9.17) is 9.47 Å². The molecule has 4 rings (SSSR count). The molecule has 2 saturated heterocycles. The summed E-state index contributed by atoms with van der Waals surface area (Å²) in [6.07, 6.45) is 11.0. The molecule has 4 fully saturated rings. The van der Waals surface area contributed by atoms with Crippen LogP contribution in [0.25, 0.3) is 0 Å². The normalized spacial score (nSPS) is 61.8. The first-order valence-electron chi connectivity index (χ1n) is 6.60. The van der Waals surface area contributed by atoms with Gasteiger partial charge in [0.15, 0.2) is 0 Å². The van der Waals surface area contributed by atoms with Crippen molar-refractivity contribution in [2.75, 3.05) is 0 Å². The lowest BCUT2D eigenvalue weighted by atomic mass is 9.62. The standard InChI is InChI=1S/C13H20O2/c1-12(7-4-5-9-11(12)14-9)13-8-3-2-6-10(13)15-13/h9-11H,2-8H2,1H3. The molecular formula is C13H20O2. The molecule has 0 bridgehead atoms. The minimum absolute atomic E-state index is 0.241. The van der Waals surface area contributed by atoms with E-state index in [9.17, 15) is 0 Å². The molecule has 0 aromatic heterocycles. The summed E-state index contributed by atoms with van der Waals surface area (Å²) in [4.78, 5) is 0. The third-order valence-electron chi connectivity index (χ3n) is 5.44. The van der Waals surface area contributed by atoms with Gasteiger partial charge in [-0.25, -0.2) is 0 Å². The second-order valence-electron chi connectivity index (χ2n) is 6.15. The largest absolute Gasteiger partial charge is 0.369 e. The van der Waals surface area contributed by atoms with Crippen molar-refractivity contribution in [3.63, 3.8) is 0 Å². The van der Waals surface area contributed by atoms with Gasteiger partial charge in [0.05, 0.1) is 18.3 Å². The van der Waals surface area contributed by atoms with Crippen LogP contribution in [-0.4, -0.2) is 23.9 Å². The monoisotopic (exact) mass is 208 g/mol. The van der Waals surface area contributed by atoms with Crippen LogP contribution in [0.3, 0.4) is 0 Å². The number of fused-ring (bicyclic) bond motifs is 2.